The Morgan fingerprint density at radius 2 is 1.90 bits per heavy atom. The number of nitrogens with zero attached hydrogens (tertiary/aromatic N) is 3. The zero-order valence-corrected chi connectivity index (χ0v) is 17.8. The summed E-state index contributed by atoms with van der Waals surface area (Å²) in [6.07, 6.45) is 0.338. The lowest BCUT2D eigenvalue weighted by Gasteiger charge is -2.18. The van der Waals surface area contributed by atoms with Gasteiger partial charge in [-0.15, -0.1) is 0 Å². The minimum absolute atomic E-state index is 0.0576. The van der Waals surface area contributed by atoms with Gasteiger partial charge in [-0.2, -0.15) is 4.98 Å². The van der Waals surface area contributed by atoms with Crippen LogP contribution in [0.2, 0.25) is 0 Å². The molecule has 1 atom stereocenters. The molecule has 4 rings (SSSR count). The van der Waals surface area contributed by atoms with Crippen LogP contribution in [0.15, 0.2) is 47.0 Å². The van der Waals surface area contributed by atoms with Crippen LogP contribution in [0.4, 0.5) is 0 Å². The Labute approximate surface area is 180 Å². The third-order valence-corrected chi connectivity index (χ3v) is 5.28. The molecule has 162 valence electrons. The predicted octanol–water partition coefficient (Wildman–Crippen LogP) is 3.67. The predicted molar refractivity (Wildman–Crippen MR) is 113 cm³/mol. The van der Waals surface area contributed by atoms with Crippen molar-refractivity contribution in [3.63, 3.8) is 0 Å². The van der Waals surface area contributed by atoms with Gasteiger partial charge in [0, 0.05) is 30.6 Å². The fraction of sp³-hybridized carbons (Fsp3) is 0.348. The van der Waals surface area contributed by atoms with E-state index < -0.39 is 0 Å². The standard InChI is InChI=1S/C23H25N3O5/c1-4-30-18-8-6-5-7-16(18)13-26-14-17(12-21(26)27)23-24-22(25-31-23)15-9-10-19(28-2)20(11-15)29-3/h5-11,17H,4,12-14H2,1-3H3. The molecule has 0 aliphatic carbocycles. The molecule has 0 radical (unpaired) electrons. The van der Waals surface area contributed by atoms with Gasteiger partial charge in [0.1, 0.15) is 5.75 Å². The van der Waals surface area contributed by atoms with Crippen LogP contribution in [0.5, 0.6) is 17.2 Å². The molecule has 0 N–H and O–H groups in total. The van der Waals surface area contributed by atoms with Crippen LogP contribution in [0.1, 0.15) is 30.7 Å². The lowest BCUT2D eigenvalue weighted by molar-refractivity contribution is -0.128. The Balaban J connectivity index is 1.49. The summed E-state index contributed by atoms with van der Waals surface area (Å²) in [5.74, 6) is 2.83. The molecule has 0 bridgehead atoms. The number of para-hydroxylation sites is 1. The van der Waals surface area contributed by atoms with Crippen molar-refractivity contribution in [1.29, 1.82) is 0 Å². The van der Waals surface area contributed by atoms with E-state index in [1.54, 1.807) is 26.4 Å². The Kier molecular flexibility index (Phi) is 6.06. The van der Waals surface area contributed by atoms with Crippen molar-refractivity contribution in [2.24, 2.45) is 0 Å². The summed E-state index contributed by atoms with van der Waals surface area (Å²) in [6.45, 7) is 3.53. The normalized spacial score (nSPS) is 15.9. The van der Waals surface area contributed by atoms with E-state index >= 15 is 0 Å². The summed E-state index contributed by atoms with van der Waals surface area (Å²) in [7, 11) is 3.16. The molecule has 31 heavy (non-hydrogen) atoms. The van der Waals surface area contributed by atoms with Crippen LogP contribution >= 0.6 is 0 Å². The van der Waals surface area contributed by atoms with E-state index in [9.17, 15) is 4.79 Å². The van der Waals surface area contributed by atoms with Gasteiger partial charge in [0.15, 0.2) is 11.5 Å². The summed E-state index contributed by atoms with van der Waals surface area (Å²) in [5, 5.41) is 4.10. The molecule has 8 nitrogen and oxygen atoms in total. The minimum Gasteiger partial charge on any atom is -0.494 e. The van der Waals surface area contributed by atoms with Gasteiger partial charge in [-0.3, -0.25) is 4.79 Å². The van der Waals surface area contributed by atoms with Gasteiger partial charge < -0.3 is 23.6 Å². The molecule has 1 unspecified atom stereocenters. The van der Waals surface area contributed by atoms with Crippen molar-refractivity contribution in [1.82, 2.24) is 15.0 Å². The number of ether oxygens (including phenoxy) is 3. The number of hydrogen-bond acceptors (Lipinski definition) is 7. The first-order chi connectivity index (χ1) is 15.1. The number of carbonyl (C=O) groups excluding carboxylic acids is 1. The Morgan fingerprint density at radius 3 is 2.68 bits per heavy atom. The molecule has 1 amide bonds. The van der Waals surface area contributed by atoms with Crippen molar-refractivity contribution in [3.05, 3.63) is 53.9 Å². The highest BCUT2D eigenvalue weighted by atomic mass is 16.5. The number of hydrogen-bond donors (Lipinski definition) is 0. The van der Waals surface area contributed by atoms with Crippen molar-refractivity contribution in [2.75, 3.05) is 27.4 Å². The maximum atomic E-state index is 12.6. The van der Waals surface area contributed by atoms with E-state index in [4.69, 9.17) is 18.7 Å². The monoisotopic (exact) mass is 423 g/mol. The van der Waals surface area contributed by atoms with Crippen molar-refractivity contribution < 1.29 is 23.5 Å². The first-order valence-corrected chi connectivity index (χ1v) is 10.2. The van der Waals surface area contributed by atoms with Crippen LogP contribution < -0.4 is 14.2 Å². The van der Waals surface area contributed by atoms with Gasteiger partial charge in [0.05, 0.1) is 26.7 Å². The van der Waals surface area contributed by atoms with Crippen molar-refractivity contribution in [3.8, 4) is 28.6 Å². The highest BCUT2D eigenvalue weighted by Crippen LogP contribution is 2.34. The van der Waals surface area contributed by atoms with Crippen LogP contribution in [0.25, 0.3) is 11.4 Å². The molecule has 1 aromatic heterocycles. The first kappa shape index (κ1) is 20.7. The zero-order valence-electron chi connectivity index (χ0n) is 17.8. The number of benzene rings is 2. The van der Waals surface area contributed by atoms with Gasteiger partial charge >= 0.3 is 0 Å². The molecule has 0 saturated carbocycles. The second-order valence-corrected chi connectivity index (χ2v) is 7.24. The van der Waals surface area contributed by atoms with Gasteiger partial charge in [-0.05, 0) is 31.2 Å². The molecular weight excluding hydrogens is 398 g/mol. The summed E-state index contributed by atoms with van der Waals surface area (Å²) in [5.41, 5.74) is 1.73. The van der Waals surface area contributed by atoms with E-state index in [-0.39, 0.29) is 11.8 Å². The third-order valence-electron chi connectivity index (χ3n) is 5.28. The van der Waals surface area contributed by atoms with Crippen molar-refractivity contribution in [2.45, 2.75) is 25.8 Å². The topological polar surface area (TPSA) is 86.9 Å². The summed E-state index contributed by atoms with van der Waals surface area (Å²) < 4.78 is 21.8. The average molecular weight is 423 g/mol. The largest absolute Gasteiger partial charge is 0.494 e. The minimum atomic E-state index is -0.145. The lowest BCUT2D eigenvalue weighted by Crippen LogP contribution is -2.24. The number of methoxy groups -OCH3 is 2. The number of rotatable bonds is 8. The Hall–Kier alpha value is -3.55. The van der Waals surface area contributed by atoms with E-state index in [0.29, 0.717) is 49.3 Å². The van der Waals surface area contributed by atoms with E-state index in [1.165, 1.54) is 0 Å². The Morgan fingerprint density at radius 1 is 1.10 bits per heavy atom. The molecular formula is C23H25N3O5. The van der Waals surface area contributed by atoms with Crippen LogP contribution in [-0.4, -0.2) is 48.3 Å². The summed E-state index contributed by atoms with van der Waals surface area (Å²) >= 11 is 0. The van der Waals surface area contributed by atoms with Crippen molar-refractivity contribution >= 4 is 5.91 Å². The van der Waals surface area contributed by atoms with Gasteiger partial charge in [0.2, 0.25) is 17.6 Å². The highest BCUT2D eigenvalue weighted by Gasteiger charge is 2.34. The first-order valence-electron chi connectivity index (χ1n) is 10.2. The van der Waals surface area contributed by atoms with Crippen LogP contribution in [0, 0.1) is 0 Å². The maximum absolute atomic E-state index is 12.6. The van der Waals surface area contributed by atoms with Gasteiger partial charge in [0.25, 0.3) is 0 Å². The van der Waals surface area contributed by atoms with E-state index in [1.807, 2.05) is 42.2 Å². The smallest absolute Gasteiger partial charge is 0.232 e. The Bertz CT molecular complexity index is 1060. The summed E-state index contributed by atoms with van der Waals surface area (Å²) in [6, 6.07) is 13.2. The quantitative estimate of drug-likeness (QED) is 0.546. The molecule has 1 aliphatic rings. The highest BCUT2D eigenvalue weighted by molar-refractivity contribution is 5.79. The van der Waals surface area contributed by atoms with Crippen LogP contribution in [-0.2, 0) is 11.3 Å². The number of carbonyl (C=O) groups is 1. The molecule has 2 aromatic carbocycles. The van der Waals surface area contributed by atoms with E-state index in [2.05, 4.69) is 10.1 Å². The summed E-state index contributed by atoms with van der Waals surface area (Å²) in [4.78, 5) is 19.0. The van der Waals surface area contributed by atoms with Crippen LogP contribution in [0.3, 0.4) is 0 Å². The second-order valence-electron chi connectivity index (χ2n) is 7.24. The van der Waals surface area contributed by atoms with Gasteiger partial charge in [-0.25, -0.2) is 0 Å². The number of amides is 1. The molecule has 0 spiro atoms. The molecule has 1 aliphatic heterocycles. The number of likely N-dealkylation sites (tertiary alicyclic amines) is 1. The maximum Gasteiger partial charge on any atom is 0.232 e. The molecule has 8 heteroatoms. The fourth-order valence-corrected chi connectivity index (χ4v) is 3.72. The molecule has 2 heterocycles. The SMILES string of the molecule is CCOc1ccccc1CN1CC(c2nc(-c3ccc(OC)c(OC)c3)no2)CC1=O. The average Bonchev–Trinajstić information content (AvgIpc) is 3.42. The number of aromatic nitrogens is 2. The van der Waals surface area contributed by atoms with Gasteiger partial charge in [-0.1, -0.05) is 23.4 Å². The second kappa shape index (κ2) is 9.07. The van der Waals surface area contributed by atoms with E-state index in [0.717, 1.165) is 16.9 Å². The zero-order chi connectivity index (χ0) is 21.8. The third kappa shape index (κ3) is 4.33. The molecule has 1 saturated heterocycles. The molecule has 3 aromatic rings. The molecule has 1 fully saturated rings. The fourth-order valence-electron chi connectivity index (χ4n) is 3.72. The lowest BCUT2D eigenvalue weighted by atomic mass is 10.1.